The van der Waals surface area contributed by atoms with Gasteiger partial charge in [-0.1, -0.05) is 24.3 Å². The maximum atomic E-state index is 10.8. The normalized spacial score (nSPS) is 10.2. The van der Waals surface area contributed by atoms with Crippen LogP contribution in [-0.4, -0.2) is 21.2 Å². The third kappa shape index (κ3) is 2.49. The summed E-state index contributed by atoms with van der Waals surface area (Å²) >= 11 is 0. The summed E-state index contributed by atoms with van der Waals surface area (Å²) in [4.78, 5) is 14.9. The van der Waals surface area contributed by atoms with Crippen molar-refractivity contribution < 1.29 is 15.0 Å². The maximum Gasteiger partial charge on any atom is 0.335 e. The van der Waals surface area contributed by atoms with E-state index in [0.717, 1.165) is 11.1 Å². The Kier molecular flexibility index (Phi) is 3.16. The molecule has 1 aromatic heterocycles. The van der Waals surface area contributed by atoms with E-state index in [0.29, 0.717) is 5.69 Å². The van der Waals surface area contributed by atoms with Gasteiger partial charge in [-0.3, -0.25) is 4.98 Å². The molecule has 0 saturated heterocycles. The number of aromatic nitrogens is 1. The van der Waals surface area contributed by atoms with Crippen LogP contribution in [0.25, 0.3) is 11.3 Å². The SMILES string of the molecule is O=C(O)c1ccnc(-c2ccc(CO)cc2)c1. The Balaban J connectivity index is 2.38. The molecule has 0 spiro atoms. The molecule has 0 fully saturated rings. The predicted molar refractivity (Wildman–Crippen MR) is 62.6 cm³/mol. The average molecular weight is 229 g/mol. The van der Waals surface area contributed by atoms with Gasteiger partial charge in [-0.05, 0) is 17.7 Å². The summed E-state index contributed by atoms with van der Waals surface area (Å²) in [5.41, 5.74) is 2.45. The van der Waals surface area contributed by atoms with Gasteiger partial charge in [0.1, 0.15) is 0 Å². The summed E-state index contributed by atoms with van der Waals surface area (Å²) < 4.78 is 0. The molecule has 0 radical (unpaired) electrons. The van der Waals surface area contributed by atoms with Gasteiger partial charge in [-0.15, -0.1) is 0 Å². The molecule has 4 heteroatoms. The first kappa shape index (κ1) is 11.3. The number of aliphatic hydroxyl groups excluding tert-OH is 1. The zero-order valence-corrected chi connectivity index (χ0v) is 9.00. The number of hydrogen-bond acceptors (Lipinski definition) is 3. The van der Waals surface area contributed by atoms with Gasteiger partial charge in [0.25, 0.3) is 0 Å². The van der Waals surface area contributed by atoms with Crippen molar-refractivity contribution in [3.8, 4) is 11.3 Å². The second kappa shape index (κ2) is 4.76. The van der Waals surface area contributed by atoms with E-state index in [1.54, 1.807) is 24.3 Å². The van der Waals surface area contributed by atoms with Gasteiger partial charge >= 0.3 is 5.97 Å². The molecule has 0 aliphatic rings. The highest BCUT2D eigenvalue weighted by atomic mass is 16.4. The van der Waals surface area contributed by atoms with Crippen LogP contribution in [-0.2, 0) is 6.61 Å². The number of rotatable bonds is 3. The van der Waals surface area contributed by atoms with Crippen molar-refractivity contribution in [1.82, 2.24) is 4.98 Å². The molecule has 0 aliphatic carbocycles. The van der Waals surface area contributed by atoms with Gasteiger partial charge in [-0.2, -0.15) is 0 Å². The van der Waals surface area contributed by atoms with E-state index in [2.05, 4.69) is 4.98 Å². The van der Waals surface area contributed by atoms with Crippen molar-refractivity contribution >= 4 is 5.97 Å². The van der Waals surface area contributed by atoms with Crippen LogP contribution < -0.4 is 0 Å². The van der Waals surface area contributed by atoms with E-state index in [-0.39, 0.29) is 12.2 Å². The summed E-state index contributed by atoms with van der Waals surface area (Å²) in [5.74, 6) is -0.972. The fourth-order valence-electron chi connectivity index (χ4n) is 1.50. The lowest BCUT2D eigenvalue weighted by Crippen LogP contribution is -1.97. The van der Waals surface area contributed by atoms with Crippen molar-refractivity contribution in [1.29, 1.82) is 0 Å². The fraction of sp³-hybridized carbons (Fsp3) is 0.0769. The lowest BCUT2D eigenvalue weighted by atomic mass is 10.1. The van der Waals surface area contributed by atoms with E-state index in [4.69, 9.17) is 10.2 Å². The summed E-state index contributed by atoms with van der Waals surface area (Å²) in [6.07, 6.45) is 1.47. The van der Waals surface area contributed by atoms with E-state index in [9.17, 15) is 4.79 Å². The van der Waals surface area contributed by atoms with Gasteiger partial charge in [-0.25, -0.2) is 4.79 Å². The van der Waals surface area contributed by atoms with Crippen LogP contribution >= 0.6 is 0 Å². The number of carboxylic acid groups (broad SMARTS) is 1. The summed E-state index contributed by atoms with van der Waals surface area (Å²) in [6.45, 7) is -0.0110. The number of aliphatic hydroxyl groups is 1. The molecule has 0 amide bonds. The smallest absolute Gasteiger partial charge is 0.335 e. The Morgan fingerprint density at radius 2 is 1.88 bits per heavy atom. The minimum Gasteiger partial charge on any atom is -0.478 e. The molecule has 0 atom stereocenters. The molecular weight excluding hydrogens is 218 g/mol. The Labute approximate surface area is 98.2 Å². The molecule has 2 N–H and O–H groups in total. The molecule has 4 nitrogen and oxygen atoms in total. The van der Waals surface area contributed by atoms with E-state index in [1.165, 1.54) is 18.3 Å². The van der Waals surface area contributed by atoms with Crippen LogP contribution in [0.15, 0.2) is 42.6 Å². The lowest BCUT2D eigenvalue weighted by Gasteiger charge is -2.03. The molecule has 17 heavy (non-hydrogen) atoms. The van der Waals surface area contributed by atoms with Gasteiger partial charge < -0.3 is 10.2 Å². The molecule has 0 aliphatic heterocycles. The number of carboxylic acids is 1. The first-order valence-corrected chi connectivity index (χ1v) is 5.10. The topological polar surface area (TPSA) is 70.4 Å². The highest BCUT2D eigenvalue weighted by Crippen LogP contribution is 2.18. The Bertz CT molecular complexity index is 535. The zero-order chi connectivity index (χ0) is 12.3. The van der Waals surface area contributed by atoms with Crippen molar-refractivity contribution in [2.75, 3.05) is 0 Å². The molecule has 86 valence electrons. The van der Waals surface area contributed by atoms with Crippen LogP contribution in [0.2, 0.25) is 0 Å². The quantitative estimate of drug-likeness (QED) is 0.843. The van der Waals surface area contributed by atoms with Crippen molar-refractivity contribution in [3.05, 3.63) is 53.7 Å². The average Bonchev–Trinajstić information content (AvgIpc) is 2.39. The van der Waals surface area contributed by atoms with Gasteiger partial charge in [0, 0.05) is 11.8 Å². The summed E-state index contributed by atoms with van der Waals surface area (Å²) in [7, 11) is 0. The van der Waals surface area contributed by atoms with Crippen LogP contribution in [0.1, 0.15) is 15.9 Å². The second-order valence-corrected chi connectivity index (χ2v) is 3.59. The highest BCUT2D eigenvalue weighted by Gasteiger charge is 2.05. The number of pyridine rings is 1. The van der Waals surface area contributed by atoms with E-state index < -0.39 is 5.97 Å². The number of carbonyl (C=O) groups is 1. The van der Waals surface area contributed by atoms with Crippen molar-refractivity contribution in [3.63, 3.8) is 0 Å². The van der Waals surface area contributed by atoms with E-state index in [1.807, 2.05) is 0 Å². The molecule has 0 bridgehead atoms. The minimum atomic E-state index is -0.972. The van der Waals surface area contributed by atoms with Gasteiger partial charge in [0.15, 0.2) is 0 Å². The maximum absolute atomic E-state index is 10.8. The Morgan fingerprint density at radius 1 is 1.18 bits per heavy atom. The third-order valence-corrected chi connectivity index (χ3v) is 2.44. The van der Waals surface area contributed by atoms with Gasteiger partial charge in [0.05, 0.1) is 17.9 Å². The van der Waals surface area contributed by atoms with E-state index >= 15 is 0 Å². The van der Waals surface area contributed by atoms with Crippen molar-refractivity contribution in [2.24, 2.45) is 0 Å². The Hall–Kier alpha value is -2.20. The largest absolute Gasteiger partial charge is 0.478 e. The standard InChI is InChI=1S/C13H11NO3/c15-8-9-1-3-10(4-2-9)12-7-11(13(16)17)5-6-14-12/h1-7,15H,8H2,(H,16,17). The molecular formula is C13H11NO3. The fourth-order valence-corrected chi connectivity index (χ4v) is 1.50. The second-order valence-electron chi connectivity index (χ2n) is 3.59. The van der Waals surface area contributed by atoms with Crippen LogP contribution in [0, 0.1) is 0 Å². The molecule has 1 heterocycles. The summed E-state index contributed by atoms with van der Waals surface area (Å²) in [5, 5.41) is 17.8. The highest BCUT2D eigenvalue weighted by molar-refractivity contribution is 5.88. The number of aromatic carboxylic acids is 1. The number of hydrogen-bond donors (Lipinski definition) is 2. The molecule has 2 rings (SSSR count). The Morgan fingerprint density at radius 3 is 2.47 bits per heavy atom. The monoisotopic (exact) mass is 229 g/mol. The number of benzene rings is 1. The molecule has 2 aromatic rings. The van der Waals surface area contributed by atoms with Gasteiger partial charge in [0.2, 0.25) is 0 Å². The first-order valence-electron chi connectivity index (χ1n) is 5.10. The molecule has 0 unspecified atom stereocenters. The van der Waals surface area contributed by atoms with Crippen LogP contribution in [0.4, 0.5) is 0 Å². The third-order valence-electron chi connectivity index (χ3n) is 2.44. The molecule has 1 aromatic carbocycles. The number of nitrogens with zero attached hydrogens (tertiary/aromatic N) is 1. The lowest BCUT2D eigenvalue weighted by molar-refractivity contribution is 0.0697. The minimum absolute atomic E-state index is 0.0110. The van der Waals surface area contributed by atoms with Crippen LogP contribution in [0.5, 0.6) is 0 Å². The molecule has 0 saturated carbocycles. The van der Waals surface area contributed by atoms with Crippen molar-refractivity contribution in [2.45, 2.75) is 6.61 Å². The van der Waals surface area contributed by atoms with Crippen LogP contribution in [0.3, 0.4) is 0 Å². The first-order chi connectivity index (χ1) is 8.20. The summed E-state index contributed by atoms with van der Waals surface area (Å²) in [6, 6.07) is 10.2. The predicted octanol–water partition coefficient (Wildman–Crippen LogP) is 1.94. The zero-order valence-electron chi connectivity index (χ0n) is 9.00.